The second-order valence-electron chi connectivity index (χ2n) is 2.81. The van der Waals surface area contributed by atoms with Gasteiger partial charge in [-0.15, -0.1) is 11.8 Å². The minimum atomic E-state index is 0.554. The van der Waals surface area contributed by atoms with Crippen molar-refractivity contribution in [1.82, 2.24) is 0 Å². The fourth-order valence-corrected chi connectivity index (χ4v) is 2.06. The first-order valence-electron chi connectivity index (χ1n) is 4.65. The third-order valence-electron chi connectivity index (χ3n) is 1.79. The van der Waals surface area contributed by atoms with E-state index in [1.54, 1.807) is 18.9 Å². The topological polar surface area (TPSA) is 58.0 Å². The summed E-state index contributed by atoms with van der Waals surface area (Å²) in [7, 11) is 1.67. The van der Waals surface area contributed by atoms with Crippen LogP contribution in [0.3, 0.4) is 0 Å². The summed E-state index contributed by atoms with van der Waals surface area (Å²) in [6.07, 6.45) is 0.882. The Bertz CT molecular complexity index is 350. The maximum atomic E-state index is 8.10. The van der Waals surface area contributed by atoms with E-state index < -0.39 is 0 Å². The Hall–Kier alpha value is -1.32. The largest absolute Gasteiger partial charge is 0.496 e. The SMILES string of the molecule is COc1ccccc1SCCCN=[N+]=[N-]. The summed E-state index contributed by atoms with van der Waals surface area (Å²) >= 11 is 1.71. The minimum Gasteiger partial charge on any atom is -0.496 e. The van der Waals surface area contributed by atoms with E-state index >= 15 is 0 Å². The molecule has 0 aromatic heterocycles. The number of thioether (sulfide) groups is 1. The Morgan fingerprint density at radius 1 is 1.47 bits per heavy atom. The van der Waals surface area contributed by atoms with Crippen molar-refractivity contribution in [2.45, 2.75) is 11.3 Å². The van der Waals surface area contributed by atoms with Crippen molar-refractivity contribution in [2.24, 2.45) is 5.11 Å². The number of rotatable bonds is 6. The molecule has 1 aromatic rings. The van der Waals surface area contributed by atoms with Gasteiger partial charge in [-0.05, 0) is 29.8 Å². The number of nitrogens with zero attached hydrogens (tertiary/aromatic N) is 3. The zero-order valence-corrected chi connectivity index (χ0v) is 9.41. The summed E-state index contributed by atoms with van der Waals surface area (Å²) in [5.74, 6) is 1.82. The number of ether oxygens (including phenoxy) is 1. The van der Waals surface area contributed by atoms with Crippen LogP contribution < -0.4 is 4.74 Å². The van der Waals surface area contributed by atoms with E-state index in [4.69, 9.17) is 10.3 Å². The second-order valence-corrected chi connectivity index (χ2v) is 3.94. The van der Waals surface area contributed by atoms with E-state index in [1.165, 1.54) is 0 Å². The molecular formula is C10H13N3OS. The molecule has 80 valence electrons. The summed E-state index contributed by atoms with van der Waals surface area (Å²) in [5.41, 5.74) is 8.10. The van der Waals surface area contributed by atoms with E-state index in [0.717, 1.165) is 22.8 Å². The van der Waals surface area contributed by atoms with Crippen LogP contribution in [0.25, 0.3) is 10.4 Å². The molecule has 0 heterocycles. The van der Waals surface area contributed by atoms with Crippen LogP contribution in [-0.2, 0) is 0 Å². The van der Waals surface area contributed by atoms with E-state index in [2.05, 4.69) is 10.0 Å². The van der Waals surface area contributed by atoms with Gasteiger partial charge in [0.25, 0.3) is 0 Å². The van der Waals surface area contributed by atoms with Crippen molar-refractivity contribution >= 4 is 11.8 Å². The first-order valence-corrected chi connectivity index (χ1v) is 5.63. The summed E-state index contributed by atoms with van der Waals surface area (Å²) in [6.45, 7) is 0.554. The van der Waals surface area contributed by atoms with Crippen LogP contribution in [-0.4, -0.2) is 19.4 Å². The van der Waals surface area contributed by atoms with Gasteiger partial charge >= 0.3 is 0 Å². The normalized spacial score (nSPS) is 9.40. The van der Waals surface area contributed by atoms with Crippen molar-refractivity contribution in [3.05, 3.63) is 34.7 Å². The molecule has 0 saturated carbocycles. The molecule has 1 rings (SSSR count). The average Bonchev–Trinajstić information content (AvgIpc) is 2.29. The van der Waals surface area contributed by atoms with Crippen molar-refractivity contribution in [3.8, 4) is 5.75 Å². The van der Waals surface area contributed by atoms with Gasteiger partial charge < -0.3 is 4.74 Å². The summed E-state index contributed by atoms with van der Waals surface area (Å²) in [4.78, 5) is 3.83. The van der Waals surface area contributed by atoms with Crippen LogP contribution in [0, 0.1) is 0 Å². The van der Waals surface area contributed by atoms with Crippen molar-refractivity contribution in [3.63, 3.8) is 0 Å². The number of para-hydroxylation sites is 1. The van der Waals surface area contributed by atoms with Crippen LogP contribution in [0.15, 0.2) is 34.3 Å². The predicted molar refractivity (Wildman–Crippen MR) is 62.3 cm³/mol. The molecule has 0 aliphatic carbocycles. The fraction of sp³-hybridized carbons (Fsp3) is 0.400. The van der Waals surface area contributed by atoms with Gasteiger partial charge in [-0.2, -0.15) is 0 Å². The lowest BCUT2D eigenvalue weighted by atomic mass is 10.3. The molecule has 0 bridgehead atoms. The molecule has 0 unspecified atom stereocenters. The highest BCUT2D eigenvalue weighted by Gasteiger charge is 2.00. The van der Waals surface area contributed by atoms with Gasteiger partial charge in [-0.1, -0.05) is 17.2 Å². The zero-order chi connectivity index (χ0) is 10.9. The van der Waals surface area contributed by atoms with Crippen LogP contribution in [0.2, 0.25) is 0 Å². The molecule has 0 amide bonds. The number of benzene rings is 1. The summed E-state index contributed by atoms with van der Waals surface area (Å²) in [6, 6.07) is 7.90. The molecular weight excluding hydrogens is 210 g/mol. The van der Waals surface area contributed by atoms with Gasteiger partial charge in [-0.3, -0.25) is 0 Å². The molecule has 0 N–H and O–H groups in total. The van der Waals surface area contributed by atoms with Crippen LogP contribution >= 0.6 is 11.8 Å². The maximum Gasteiger partial charge on any atom is 0.132 e. The Balaban J connectivity index is 2.39. The molecule has 0 atom stereocenters. The van der Waals surface area contributed by atoms with Crippen molar-refractivity contribution in [1.29, 1.82) is 0 Å². The molecule has 0 spiro atoms. The standard InChI is InChI=1S/C10H13N3OS/c1-14-9-5-2-3-6-10(9)15-8-4-7-12-13-11/h2-3,5-6H,4,7-8H2,1H3. The minimum absolute atomic E-state index is 0.554. The van der Waals surface area contributed by atoms with E-state index in [9.17, 15) is 0 Å². The lowest BCUT2D eigenvalue weighted by Crippen LogP contribution is -1.88. The maximum absolute atomic E-state index is 8.10. The Kier molecular flexibility index (Phi) is 5.51. The highest BCUT2D eigenvalue weighted by atomic mass is 32.2. The Morgan fingerprint density at radius 3 is 3.00 bits per heavy atom. The molecule has 15 heavy (non-hydrogen) atoms. The Labute approximate surface area is 93.3 Å². The molecule has 0 saturated heterocycles. The molecule has 1 aromatic carbocycles. The summed E-state index contributed by atoms with van der Waals surface area (Å²) < 4.78 is 5.22. The van der Waals surface area contributed by atoms with E-state index in [-0.39, 0.29) is 0 Å². The van der Waals surface area contributed by atoms with E-state index in [1.807, 2.05) is 24.3 Å². The number of methoxy groups -OCH3 is 1. The highest BCUT2D eigenvalue weighted by molar-refractivity contribution is 7.99. The molecule has 0 radical (unpaired) electrons. The Morgan fingerprint density at radius 2 is 2.27 bits per heavy atom. The second kappa shape index (κ2) is 7.04. The van der Waals surface area contributed by atoms with Gasteiger partial charge in [0.05, 0.1) is 7.11 Å². The smallest absolute Gasteiger partial charge is 0.132 e. The van der Waals surface area contributed by atoms with E-state index in [0.29, 0.717) is 6.54 Å². The molecule has 5 heteroatoms. The zero-order valence-electron chi connectivity index (χ0n) is 8.59. The van der Waals surface area contributed by atoms with Gasteiger partial charge in [-0.25, -0.2) is 0 Å². The molecule has 0 aliphatic heterocycles. The van der Waals surface area contributed by atoms with Gasteiger partial charge in [0.15, 0.2) is 0 Å². The molecule has 4 nitrogen and oxygen atoms in total. The van der Waals surface area contributed by atoms with Gasteiger partial charge in [0.1, 0.15) is 5.75 Å². The third kappa shape index (κ3) is 4.14. The summed E-state index contributed by atoms with van der Waals surface area (Å²) in [5, 5.41) is 3.48. The number of azide groups is 1. The number of hydrogen-bond acceptors (Lipinski definition) is 3. The molecule has 0 aliphatic rings. The van der Waals surface area contributed by atoms with Gasteiger partial charge in [0, 0.05) is 16.4 Å². The third-order valence-corrected chi connectivity index (χ3v) is 2.93. The predicted octanol–water partition coefficient (Wildman–Crippen LogP) is 3.49. The van der Waals surface area contributed by atoms with Crippen molar-refractivity contribution in [2.75, 3.05) is 19.4 Å². The van der Waals surface area contributed by atoms with Crippen molar-refractivity contribution < 1.29 is 4.74 Å². The van der Waals surface area contributed by atoms with Crippen LogP contribution in [0.1, 0.15) is 6.42 Å². The highest BCUT2D eigenvalue weighted by Crippen LogP contribution is 2.28. The number of hydrogen-bond donors (Lipinski definition) is 0. The fourth-order valence-electron chi connectivity index (χ4n) is 1.10. The van der Waals surface area contributed by atoms with Crippen LogP contribution in [0.5, 0.6) is 5.75 Å². The monoisotopic (exact) mass is 223 g/mol. The van der Waals surface area contributed by atoms with Gasteiger partial charge in [0.2, 0.25) is 0 Å². The van der Waals surface area contributed by atoms with Crippen LogP contribution in [0.4, 0.5) is 0 Å². The first kappa shape index (κ1) is 11.8. The first-order chi connectivity index (χ1) is 7.38. The average molecular weight is 223 g/mol. The quantitative estimate of drug-likeness (QED) is 0.244. The molecule has 0 fully saturated rings. The lowest BCUT2D eigenvalue weighted by molar-refractivity contribution is 0.405. The lowest BCUT2D eigenvalue weighted by Gasteiger charge is -2.06.